The molecule has 0 atom stereocenters. The SMILES string of the molecule is CN(CC(F)(F)F)c1ncc(-c2ccc(=O)n(Cc3cccc(F)c3)n2)cn1. The van der Waals surface area contributed by atoms with Gasteiger partial charge < -0.3 is 4.90 Å². The molecule has 0 aliphatic carbocycles. The number of halogens is 4. The van der Waals surface area contributed by atoms with Gasteiger partial charge in [0, 0.05) is 31.1 Å². The minimum Gasteiger partial charge on any atom is -0.335 e. The van der Waals surface area contributed by atoms with Crippen LogP contribution in [0.2, 0.25) is 0 Å². The van der Waals surface area contributed by atoms with E-state index in [1.807, 2.05) is 0 Å². The van der Waals surface area contributed by atoms with Crippen molar-refractivity contribution in [2.45, 2.75) is 12.7 Å². The van der Waals surface area contributed by atoms with E-state index in [4.69, 9.17) is 0 Å². The predicted molar refractivity (Wildman–Crippen MR) is 94.4 cm³/mol. The van der Waals surface area contributed by atoms with Gasteiger partial charge >= 0.3 is 6.18 Å². The number of nitrogens with zero attached hydrogens (tertiary/aromatic N) is 5. The van der Waals surface area contributed by atoms with E-state index in [0.29, 0.717) is 16.8 Å². The lowest BCUT2D eigenvalue weighted by Gasteiger charge is -2.18. The van der Waals surface area contributed by atoms with Crippen molar-refractivity contribution >= 4 is 5.95 Å². The molecule has 0 unspecified atom stereocenters. The van der Waals surface area contributed by atoms with Crippen molar-refractivity contribution in [1.29, 1.82) is 0 Å². The maximum Gasteiger partial charge on any atom is 0.406 e. The number of anilines is 1. The monoisotopic (exact) mass is 393 g/mol. The van der Waals surface area contributed by atoms with Crippen molar-refractivity contribution in [3.63, 3.8) is 0 Å². The summed E-state index contributed by atoms with van der Waals surface area (Å²) in [6.45, 7) is -1.11. The van der Waals surface area contributed by atoms with Gasteiger partial charge in [-0.3, -0.25) is 4.79 Å². The van der Waals surface area contributed by atoms with Gasteiger partial charge in [0.1, 0.15) is 12.4 Å². The van der Waals surface area contributed by atoms with Crippen molar-refractivity contribution in [2.75, 3.05) is 18.5 Å². The topological polar surface area (TPSA) is 63.9 Å². The third-order valence-corrected chi connectivity index (χ3v) is 3.78. The Morgan fingerprint density at radius 3 is 2.46 bits per heavy atom. The van der Waals surface area contributed by atoms with E-state index in [9.17, 15) is 22.4 Å². The summed E-state index contributed by atoms with van der Waals surface area (Å²) in [5.74, 6) is -0.511. The number of aromatic nitrogens is 4. The molecule has 0 bridgehead atoms. The highest BCUT2D eigenvalue weighted by Gasteiger charge is 2.30. The lowest BCUT2D eigenvalue weighted by Crippen LogP contribution is -2.32. The van der Waals surface area contributed by atoms with Crippen LogP contribution in [0.25, 0.3) is 11.3 Å². The third-order valence-electron chi connectivity index (χ3n) is 3.78. The van der Waals surface area contributed by atoms with Crippen molar-refractivity contribution in [2.24, 2.45) is 0 Å². The van der Waals surface area contributed by atoms with Gasteiger partial charge in [0.2, 0.25) is 5.95 Å². The third kappa shape index (κ3) is 4.90. The lowest BCUT2D eigenvalue weighted by molar-refractivity contribution is -0.119. The van der Waals surface area contributed by atoms with E-state index in [1.165, 1.54) is 49.8 Å². The molecule has 6 nitrogen and oxygen atoms in total. The summed E-state index contributed by atoms with van der Waals surface area (Å²) in [6, 6.07) is 8.55. The minimum atomic E-state index is -4.37. The zero-order valence-electron chi connectivity index (χ0n) is 14.7. The van der Waals surface area contributed by atoms with Crippen LogP contribution in [-0.4, -0.2) is 39.5 Å². The summed E-state index contributed by atoms with van der Waals surface area (Å²) in [5, 5.41) is 4.21. The Morgan fingerprint density at radius 1 is 1.11 bits per heavy atom. The smallest absolute Gasteiger partial charge is 0.335 e. The fourth-order valence-electron chi connectivity index (χ4n) is 2.51. The summed E-state index contributed by atoms with van der Waals surface area (Å²) < 4.78 is 51.9. The first-order valence-corrected chi connectivity index (χ1v) is 8.14. The Bertz CT molecular complexity index is 1020. The zero-order chi connectivity index (χ0) is 20.3. The number of benzene rings is 1. The molecule has 0 saturated carbocycles. The molecule has 2 aromatic heterocycles. The molecule has 0 aliphatic heterocycles. The van der Waals surface area contributed by atoms with E-state index in [2.05, 4.69) is 15.1 Å². The van der Waals surface area contributed by atoms with Gasteiger partial charge in [0.05, 0.1) is 12.2 Å². The second-order valence-corrected chi connectivity index (χ2v) is 6.09. The van der Waals surface area contributed by atoms with Crippen LogP contribution in [0.1, 0.15) is 5.56 Å². The first-order valence-electron chi connectivity index (χ1n) is 8.14. The van der Waals surface area contributed by atoms with Gasteiger partial charge in [-0.05, 0) is 23.8 Å². The summed E-state index contributed by atoms with van der Waals surface area (Å²) in [7, 11) is 1.24. The second kappa shape index (κ2) is 7.75. The number of alkyl halides is 3. The summed E-state index contributed by atoms with van der Waals surface area (Å²) >= 11 is 0. The number of hydrogen-bond acceptors (Lipinski definition) is 5. The van der Waals surface area contributed by atoms with Gasteiger partial charge in [-0.15, -0.1) is 0 Å². The van der Waals surface area contributed by atoms with Crippen molar-refractivity contribution in [1.82, 2.24) is 19.7 Å². The van der Waals surface area contributed by atoms with E-state index in [1.54, 1.807) is 6.07 Å². The Morgan fingerprint density at radius 2 is 1.82 bits per heavy atom. The highest BCUT2D eigenvalue weighted by atomic mass is 19.4. The Balaban J connectivity index is 1.83. The molecule has 2 heterocycles. The highest BCUT2D eigenvalue weighted by Crippen LogP contribution is 2.20. The van der Waals surface area contributed by atoms with Crippen LogP contribution in [0.3, 0.4) is 0 Å². The van der Waals surface area contributed by atoms with Crippen LogP contribution in [0, 0.1) is 5.82 Å². The summed E-state index contributed by atoms with van der Waals surface area (Å²) in [4.78, 5) is 20.8. The molecule has 0 amide bonds. The van der Waals surface area contributed by atoms with E-state index < -0.39 is 18.5 Å². The molecule has 0 spiro atoms. The summed E-state index contributed by atoms with van der Waals surface area (Å²) in [5.41, 5.74) is 0.973. The molecule has 3 aromatic rings. The number of rotatable bonds is 5. The van der Waals surface area contributed by atoms with E-state index in [0.717, 1.165) is 9.58 Å². The maximum atomic E-state index is 13.3. The second-order valence-electron chi connectivity index (χ2n) is 6.09. The average molecular weight is 393 g/mol. The molecule has 0 saturated heterocycles. The van der Waals surface area contributed by atoms with E-state index >= 15 is 0 Å². The summed E-state index contributed by atoms with van der Waals surface area (Å²) in [6.07, 6.45) is -1.71. The van der Waals surface area contributed by atoms with Gasteiger partial charge in [-0.25, -0.2) is 19.0 Å². The molecule has 0 aliphatic rings. The Kier molecular flexibility index (Phi) is 5.39. The average Bonchev–Trinajstić information content (AvgIpc) is 2.62. The van der Waals surface area contributed by atoms with Crippen molar-refractivity contribution < 1.29 is 17.6 Å². The molecule has 3 rings (SSSR count). The Labute approximate surface area is 157 Å². The molecule has 10 heteroatoms. The van der Waals surface area contributed by atoms with Gasteiger partial charge in [0.25, 0.3) is 5.56 Å². The Hall–Kier alpha value is -3.30. The molecule has 0 fully saturated rings. The minimum absolute atomic E-state index is 0.0672. The van der Waals surface area contributed by atoms with Crippen LogP contribution in [-0.2, 0) is 6.54 Å². The predicted octanol–water partition coefficient (Wildman–Crippen LogP) is 2.89. The zero-order valence-corrected chi connectivity index (χ0v) is 14.7. The molecule has 0 radical (unpaired) electrons. The number of hydrogen-bond donors (Lipinski definition) is 0. The molecular formula is C18H15F4N5O. The van der Waals surface area contributed by atoms with Crippen molar-refractivity contribution in [3.8, 4) is 11.3 Å². The molecular weight excluding hydrogens is 378 g/mol. The van der Waals surface area contributed by atoms with Crippen LogP contribution >= 0.6 is 0 Å². The molecule has 28 heavy (non-hydrogen) atoms. The maximum absolute atomic E-state index is 13.3. The van der Waals surface area contributed by atoms with Crippen LogP contribution in [0.4, 0.5) is 23.5 Å². The first-order chi connectivity index (χ1) is 13.2. The van der Waals surface area contributed by atoms with Gasteiger partial charge in [-0.1, -0.05) is 12.1 Å². The first kappa shape index (κ1) is 19.5. The van der Waals surface area contributed by atoms with Crippen molar-refractivity contribution in [3.05, 3.63) is 70.5 Å². The normalized spacial score (nSPS) is 11.5. The highest BCUT2D eigenvalue weighted by molar-refractivity contribution is 5.56. The van der Waals surface area contributed by atoms with Gasteiger partial charge in [-0.2, -0.15) is 18.3 Å². The molecule has 0 N–H and O–H groups in total. The lowest BCUT2D eigenvalue weighted by atomic mass is 10.2. The molecule has 1 aromatic carbocycles. The quantitative estimate of drug-likeness (QED) is 0.624. The fraction of sp³-hybridized carbons (Fsp3) is 0.222. The van der Waals surface area contributed by atoms with Crippen LogP contribution in [0.15, 0.2) is 53.6 Å². The van der Waals surface area contributed by atoms with Crippen LogP contribution in [0.5, 0.6) is 0 Å². The molecule has 146 valence electrons. The van der Waals surface area contributed by atoms with Gasteiger partial charge in [0.15, 0.2) is 0 Å². The fourth-order valence-corrected chi connectivity index (χ4v) is 2.51. The van der Waals surface area contributed by atoms with E-state index in [-0.39, 0.29) is 18.1 Å². The standard InChI is InChI=1S/C18H15F4N5O/c1-26(11-18(20,21)22)17-23-8-13(9-24-17)15-5-6-16(28)27(25-15)10-12-3-2-4-14(19)7-12/h2-9H,10-11H2,1H3. The largest absolute Gasteiger partial charge is 0.406 e. The van der Waals surface area contributed by atoms with Crippen LogP contribution < -0.4 is 10.5 Å².